The molecule has 2 aromatic carbocycles. The van der Waals surface area contributed by atoms with Crippen molar-refractivity contribution in [3.63, 3.8) is 0 Å². The maximum absolute atomic E-state index is 13.7. The number of carbonyl (C=O) groups excluding carboxylic acids is 4. The number of benzene rings is 2. The van der Waals surface area contributed by atoms with Gasteiger partial charge in [0.15, 0.2) is 0 Å². The van der Waals surface area contributed by atoms with Gasteiger partial charge in [-0.05, 0) is 62.9 Å². The van der Waals surface area contributed by atoms with E-state index in [1.807, 2.05) is 24.3 Å². The van der Waals surface area contributed by atoms with Crippen LogP contribution < -0.4 is 16.0 Å². The molecule has 0 saturated heterocycles. The van der Waals surface area contributed by atoms with E-state index in [9.17, 15) is 24.3 Å². The van der Waals surface area contributed by atoms with Crippen LogP contribution in [-0.4, -0.2) is 51.6 Å². The molecule has 0 aliphatic heterocycles. The molecule has 2 atom stereocenters. The molecular weight excluding hydrogens is 536 g/mol. The molecule has 10 nitrogen and oxygen atoms in total. The van der Waals surface area contributed by atoms with Gasteiger partial charge in [0.2, 0.25) is 17.7 Å². The summed E-state index contributed by atoms with van der Waals surface area (Å²) in [5, 5.41) is 18.5. The molecule has 1 aliphatic carbocycles. The number of aromatic amines is 1. The number of aromatic nitrogens is 1. The Labute approximate surface area is 245 Å². The average Bonchev–Trinajstić information content (AvgIpc) is 3.35. The number of H-pyrrole nitrogens is 1. The van der Waals surface area contributed by atoms with E-state index < -0.39 is 35.6 Å². The minimum Gasteiger partial charge on any atom is -0.508 e. The molecule has 1 fully saturated rings. The molecule has 1 aliphatic rings. The zero-order valence-electron chi connectivity index (χ0n) is 24.4. The van der Waals surface area contributed by atoms with Crippen molar-refractivity contribution in [3.8, 4) is 5.75 Å². The molecule has 4 amide bonds. The Morgan fingerprint density at radius 1 is 0.905 bits per heavy atom. The number of carbonyl (C=O) groups is 4. The number of hydrogen-bond acceptors (Lipinski definition) is 6. The molecular formula is C32H40N4O6. The SMILES string of the molecule is CC(C)(C)OC(=O)N[C@@H](Cc1ccc(O)cc1)C(=O)N[C@H](Cc1c[nH]c2ccccc12)C(=O)NC(=O)C1CCCCC1. The van der Waals surface area contributed by atoms with Crippen molar-refractivity contribution in [2.75, 3.05) is 0 Å². The molecule has 1 heterocycles. The number of hydrogen-bond donors (Lipinski definition) is 5. The first-order chi connectivity index (χ1) is 20.0. The zero-order chi connectivity index (χ0) is 30.3. The predicted molar refractivity (Wildman–Crippen MR) is 159 cm³/mol. The van der Waals surface area contributed by atoms with Crippen molar-refractivity contribution < 1.29 is 29.0 Å². The second kappa shape index (κ2) is 13.5. The molecule has 10 heteroatoms. The van der Waals surface area contributed by atoms with Gasteiger partial charge in [-0.2, -0.15) is 0 Å². The second-order valence-corrected chi connectivity index (χ2v) is 11.9. The van der Waals surface area contributed by atoms with Crippen LogP contribution in [0.3, 0.4) is 0 Å². The van der Waals surface area contributed by atoms with Crippen LogP contribution in [0.2, 0.25) is 0 Å². The van der Waals surface area contributed by atoms with Crippen molar-refractivity contribution >= 4 is 34.7 Å². The molecule has 3 aromatic rings. The number of fused-ring (bicyclic) bond motifs is 1. The van der Waals surface area contributed by atoms with E-state index in [1.165, 1.54) is 12.1 Å². The van der Waals surface area contributed by atoms with Gasteiger partial charge in [-0.15, -0.1) is 0 Å². The van der Waals surface area contributed by atoms with Crippen LogP contribution in [0.25, 0.3) is 10.9 Å². The van der Waals surface area contributed by atoms with Crippen molar-refractivity contribution in [1.82, 2.24) is 20.9 Å². The number of nitrogens with one attached hydrogen (secondary N) is 4. The summed E-state index contributed by atoms with van der Waals surface area (Å²) in [4.78, 5) is 56.0. The topological polar surface area (TPSA) is 150 Å². The minimum atomic E-state index is -1.10. The lowest BCUT2D eigenvalue weighted by atomic mass is 9.88. The third-order valence-electron chi connectivity index (χ3n) is 7.34. The first-order valence-electron chi connectivity index (χ1n) is 14.5. The molecule has 0 unspecified atom stereocenters. The Morgan fingerprint density at radius 3 is 2.26 bits per heavy atom. The highest BCUT2D eigenvalue weighted by Crippen LogP contribution is 2.24. The highest BCUT2D eigenvalue weighted by Gasteiger charge is 2.31. The number of phenolic OH excluding ortho intramolecular Hbond substituents is 1. The number of alkyl carbamates (subject to hydrolysis) is 1. The Morgan fingerprint density at radius 2 is 1.57 bits per heavy atom. The van der Waals surface area contributed by atoms with Crippen LogP contribution in [0.5, 0.6) is 5.75 Å². The molecule has 5 N–H and O–H groups in total. The van der Waals surface area contributed by atoms with Crippen LogP contribution in [0, 0.1) is 5.92 Å². The summed E-state index contributed by atoms with van der Waals surface area (Å²) in [6.07, 6.45) is 5.61. The van der Waals surface area contributed by atoms with Crippen molar-refractivity contribution in [3.05, 3.63) is 65.9 Å². The Kier molecular flexibility index (Phi) is 9.88. The number of rotatable bonds is 9. The molecule has 42 heavy (non-hydrogen) atoms. The first kappa shape index (κ1) is 30.6. The Bertz CT molecular complexity index is 1400. The molecule has 0 bridgehead atoms. The standard InChI is InChI=1S/C32H40N4O6/c1-32(2,3)42-31(41)35-26(17-20-13-15-23(37)16-14-20)29(39)34-27(18-22-19-33-25-12-8-7-11-24(22)25)30(40)36-28(38)21-9-5-4-6-10-21/h7-8,11-16,19,21,26-27,33,37H,4-6,9-10,17-18H2,1-3H3,(H,34,39)(H,35,41)(H,36,38,40)/t26-,27+/m0/s1. The number of aromatic hydroxyl groups is 1. The molecule has 0 radical (unpaired) electrons. The van der Waals surface area contributed by atoms with Gasteiger partial charge < -0.3 is 25.5 Å². The van der Waals surface area contributed by atoms with E-state index in [0.29, 0.717) is 5.56 Å². The van der Waals surface area contributed by atoms with E-state index in [2.05, 4.69) is 20.9 Å². The van der Waals surface area contributed by atoms with Gasteiger partial charge in [0, 0.05) is 35.9 Å². The summed E-state index contributed by atoms with van der Waals surface area (Å²) in [6, 6.07) is 11.7. The molecule has 1 aromatic heterocycles. The monoisotopic (exact) mass is 576 g/mol. The number of para-hydroxylation sites is 1. The molecule has 1 saturated carbocycles. The quantitative estimate of drug-likeness (QED) is 0.257. The van der Waals surface area contributed by atoms with E-state index in [-0.39, 0.29) is 30.4 Å². The molecule has 4 rings (SSSR count). The van der Waals surface area contributed by atoms with Gasteiger partial charge in [-0.3, -0.25) is 19.7 Å². The van der Waals surface area contributed by atoms with Crippen LogP contribution in [0.15, 0.2) is 54.7 Å². The lowest BCUT2D eigenvalue weighted by Gasteiger charge is -2.26. The van der Waals surface area contributed by atoms with E-state index >= 15 is 0 Å². The fraction of sp³-hybridized carbons (Fsp3) is 0.438. The summed E-state index contributed by atoms with van der Waals surface area (Å²) >= 11 is 0. The van der Waals surface area contributed by atoms with Gasteiger partial charge in [0.05, 0.1) is 0 Å². The van der Waals surface area contributed by atoms with Crippen LogP contribution >= 0.6 is 0 Å². The van der Waals surface area contributed by atoms with E-state index in [0.717, 1.165) is 48.6 Å². The fourth-order valence-electron chi connectivity index (χ4n) is 5.20. The lowest BCUT2D eigenvalue weighted by molar-refractivity contribution is -0.136. The van der Waals surface area contributed by atoms with Gasteiger partial charge in [0.1, 0.15) is 23.4 Å². The van der Waals surface area contributed by atoms with Crippen molar-refractivity contribution in [2.45, 2.75) is 83.4 Å². The number of amides is 4. The lowest BCUT2D eigenvalue weighted by Crippen LogP contribution is -2.56. The van der Waals surface area contributed by atoms with Gasteiger partial charge in [-0.1, -0.05) is 49.6 Å². The second-order valence-electron chi connectivity index (χ2n) is 11.9. The fourth-order valence-corrected chi connectivity index (χ4v) is 5.20. The number of ether oxygens (including phenoxy) is 1. The van der Waals surface area contributed by atoms with Gasteiger partial charge >= 0.3 is 6.09 Å². The van der Waals surface area contributed by atoms with Crippen molar-refractivity contribution in [1.29, 1.82) is 0 Å². The zero-order valence-corrected chi connectivity index (χ0v) is 24.4. The average molecular weight is 577 g/mol. The summed E-state index contributed by atoms with van der Waals surface area (Å²) in [5.74, 6) is -1.71. The number of imide groups is 1. The summed E-state index contributed by atoms with van der Waals surface area (Å²) < 4.78 is 5.38. The summed E-state index contributed by atoms with van der Waals surface area (Å²) in [6.45, 7) is 5.14. The van der Waals surface area contributed by atoms with E-state index in [4.69, 9.17) is 4.74 Å². The van der Waals surface area contributed by atoms with Gasteiger partial charge in [-0.25, -0.2) is 4.79 Å². The highest BCUT2D eigenvalue weighted by atomic mass is 16.6. The first-order valence-corrected chi connectivity index (χ1v) is 14.5. The summed E-state index contributed by atoms with van der Waals surface area (Å²) in [5.41, 5.74) is 1.56. The molecule has 0 spiro atoms. The van der Waals surface area contributed by atoms with Gasteiger partial charge in [0.25, 0.3) is 0 Å². The predicted octanol–water partition coefficient (Wildman–Crippen LogP) is 4.26. The van der Waals surface area contributed by atoms with Crippen molar-refractivity contribution in [2.24, 2.45) is 5.92 Å². The minimum absolute atomic E-state index is 0.0675. The van der Waals surface area contributed by atoms with E-state index in [1.54, 1.807) is 39.1 Å². The molecule has 224 valence electrons. The third-order valence-corrected chi connectivity index (χ3v) is 7.34. The maximum Gasteiger partial charge on any atom is 0.408 e. The highest BCUT2D eigenvalue weighted by molar-refractivity contribution is 6.01. The number of phenols is 1. The van der Waals surface area contributed by atoms with Crippen LogP contribution in [0.1, 0.15) is 64.0 Å². The maximum atomic E-state index is 13.7. The summed E-state index contributed by atoms with van der Waals surface area (Å²) in [7, 11) is 0. The Hall–Kier alpha value is -4.34. The smallest absolute Gasteiger partial charge is 0.408 e. The largest absolute Gasteiger partial charge is 0.508 e. The third kappa shape index (κ3) is 8.58. The Balaban J connectivity index is 1.57. The normalized spacial score (nSPS) is 15.4. The van der Waals surface area contributed by atoms with Crippen LogP contribution in [-0.2, 0) is 32.0 Å². The van der Waals surface area contributed by atoms with Crippen LogP contribution in [0.4, 0.5) is 4.79 Å².